The summed E-state index contributed by atoms with van der Waals surface area (Å²) in [5.74, 6) is -0.0372. The monoisotopic (exact) mass is 298 g/mol. The predicted octanol–water partition coefficient (Wildman–Crippen LogP) is 4.74. The molecule has 0 heterocycles. The quantitative estimate of drug-likeness (QED) is 0.737. The molecule has 0 N–H and O–H groups in total. The average molecular weight is 299 g/mol. The summed E-state index contributed by atoms with van der Waals surface area (Å²) >= 11 is 3.25. The summed E-state index contributed by atoms with van der Waals surface area (Å²) in [5.41, 5.74) is 0.220. The molecular formula is C14H16BrFO. The van der Waals surface area contributed by atoms with Gasteiger partial charge in [-0.1, -0.05) is 38.2 Å². The topological polar surface area (TPSA) is 17.1 Å². The van der Waals surface area contributed by atoms with Gasteiger partial charge in [0, 0.05) is 10.9 Å². The van der Waals surface area contributed by atoms with Gasteiger partial charge in [0.25, 0.3) is 0 Å². The normalized spacial score (nSPS) is 17.1. The van der Waals surface area contributed by atoms with Crippen LogP contribution in [0.1, 0.15) is 48.9 Å². The summed E-state index contributed by atoms with van der Waals surface area (Å²) in [7, 11) is 0. The summed E-state index contributed by atoms with van der Waals surface area (Å²) < 4.78 is 14.2. The summed E-state index contributed by atoms with van der Waals surface area (Å²) in [6.45, 7) is 0. The molecule has 0 bridgehead atoms. The molecule has 17 heavy (non-hydrogen) atoms. The van der Waals surface area contributed by atoms with Crippen molar-refractivity contribution in [1.82, 2.24) is 0 Å². The van der Waals surface area contributed by atoms with Gasteiger partial charge in [0.2, 0.25) is 0 Å². The number of halogens is 2. The molecule has 3 heteroatoms. The lowest BCUT2D eigenvalue weighted by Crippen LogP contribution is -2.13. The van der Waals surface area contributed by atoms with Crippen molar-refractivity contribution in [3.05, 3.63) is 34.1 Å². The van der Waals surface area contributed by atoms with Crippen molar-refractivity contribution in [2.75, 3.05) is 0 Å². The van der Waals surface area contributed by atoms with Crippen molar-refractivity contribution in [2.24, 2.45) is 5.92 Å². The lowest BCUT2D eigenvalue weighted by atomic mass is 9.85. The highest BCUT2D eigenvalue weighted by atomic mass is 79.9. The molecule has 1 nitrogen and oxygen atoms in total. The van der Waals surface area contributed by atoms with Crippen LogP contribution in [-0.4, -0.2) is 5.78 Å². The number of benzene rings is 1. The number of Topliss-reactive ketones (excluding diaryl/α,β-unsaturated/α-hetero) is 1. The first-order chi connectivity index (χ1) is 8.18. The van der Waals surface area contributed by atoms with Crippen LogP contribution in [0.3, 0.4) is 0 Å². The fourth-order valence-electron chi connectivity index (χ4n) is 2.52. The SMILES string of the molecule is O=C(CC1CCCCC1)c1c(F)cccc1Br. The molecule has 0 spiro atoms. The maximum atomic E-state index is 13.6. The Bertz CT molecular complexity index is 390. The molecule has 0 radical (unpaired) electrons. The molecular weight excluding hydrogens is 283 g/mol. The van der Waals surface area contributed by atoms with Gasteiger partial charge in [0.1, 0.15) is 5.82 Å². The zero-order valence-corrected chi connectivity index (χ0v) is 11.3. The van der Waals surface area contributed by atoms with E-state index in [0.29, 0.717) is 16.8 Å². The fraction of sp³-hybridized carbons (Fsp3) is 0.500. The van der Waals surface area contributed by atoms with Crippen LogP contribution in [0.15, 0.2) is 22.7 Å². The highest BCUT2D eigenvalue weighted by Gasteiger charge is 2.21. The van der Waals surface area contributed by atoms with Crippen molar-refractivity contribution in [3.8, 4) is 0 Å². The first-order valence-electron chi connectivity index (χ1n) is 6.15. The van der Waals surface area contributed by atoms with Crippen LogP contribution in [-0.2, 0) is 0 Å². The molecule has 1 aliphatic rings. The number of carbonyl (C=O) groups is 1. The summed E-state index contributed by atoms with van der Waals surface area (Å²) in [5, 5.41) is 0. The first-order valence-corrected chi connectivity index (χ1v) is 6.95. The molecule has 0 atom stereocenters. The molecule has 2 rings (SSSR count). The number of hydrogen-bond donors (Lipinski definition) is 0. The van der Waals surface area contributed by atoms with Crippen molar-refractivity contribution < 1.29 is 9.18 Å². The average Bonchev–Trinajstić information content (AvgIpc) is 2.30. The van der Waals surface area contributed by atoms with Gasteiger partial charge in [-0.15, -0.1) is 0 Å². The molecule has 1 fully saturated rings. The molecule has 0 unspecified atom stereocenters. The Morgan fingerprint density at radius 2 is 2.00 bits per heavy atom. The minimum Gasteiger partial charge on any atom is -0.294 e. The summed E-state index contributed by atoms with van der Waals surface area (Å²) in [6, 6.07) is 4.67. The van der Waals surface area contributed by atoms with E-state index in [0.717, 1.165) is 12.8 Å². The van der Waals surface area contributed by atoms with Crippen LogP contribution < -0.4 is 0 Å². The van der Waals surface area contributed by atoms with Gasteiger partial charge in [0.05, 0.1) is 5.56 Å². The van der Waals surface area contributed by atoms with Crippen LogP contribution in [0.25, 0.3) is 0 Å². The second-order valence-corrected chi connectivity index (χ2v) is 5.58. The van der Waals surface area contributed by atoms with Gasteiger partial charge in [-0.2, -0.15) is 0 Å². The van der Waals surface area contributed by atoms with Crippen molar-refractivity contribution >= 4 is 21.7 Å². The van der Waals surface area contributed by atoms with E-state index in [9.17, 15) is 9.18 Å². The second kappa shape index (κ2) is 5.76. The Labute approximate surface area is 110 Å². The largest absolute Gasteiger partial charge is 0.294 e. The molecule has 1 aromatic carbocycles. The zero-order valence-electron chi connectivity index (χ0n) is 9.72. The van der Waals surface area contributed by atoms with Crippen molar-refractivity contribution in [3.63, 3.8) is 0 Å². The maximum Gasteiger partial charge on any atom is 0.167 e. The summed E-state index contributed by atoms with van der Waals surface area (Å²) in [6.07, 6.45) is 6.38. The van der Waals surface area contributed by atoms with Gasteiger partial charge in [-0.25, -0.2) is 4.39 Å². The van der Waals surface area contributed by atoms with Crippen LogP contribution in [0.2, 0.25) is 0 Å². The predicted molar refractivity (Wildman–Crippen MR) is 69.6 cm³/mol. The molecule has 92 valence electrons. The smallest absolute Gasteiger partial charge is 0.167 e. The Morgan fingerprint density at radius 3 is 2.65 bits per heavy atom. The Kier molecular flexibility index (Phi) is 4.32. The van der Waals surface area contributed by atoms with Crippen LogP contribution in [0.4, 0.5) is 4.39 Å². The maximum absolute atomic E-state index is 13.6. The van der Waals surface area contributed by atoms with Crippen LogP contribution in [0, 0.1) is 11.7 Å². The molecule has 0 amide bonds. The molecule has 0 aromatic heterocycles. The van der Waals surface area contributed by atoms with E-state index in [1.165, 1.54) is 25.3 Å². The third-order valence-electron chi connectivity index (χ3n) is 3.44. The van der Waals surface area contributed by atoms with Crippen molar-refractivity contribution in [1.29, 1.82) is 0 Å². The van der Waals surface area contributed by atoms with Gasteiger partial charge in [0.15, 0.2) is 5.78 Å². The van der Waals surface area contributed by atoms with E-state index in [1.54, 1.807) is 12.1 Å². The second-order valence-electron chi connectivity index (χ2n) is 4.73. The Balaban J connectivity index is 2.08. The third kappa shape index (κ3) is 3.15. The van der Waals surface area contributed by atoms with Crippen LogP contribution in [0.5, 0.6) is 0 Å². The lowest BCUT2D eigenvalue weighted by molar-refractivity contribution is 0.0945. The number of hydrogen-bond acceptors (Lipinski definition) is 1. The summed E-state index contributed by atoms with van der Waals surface area (Å²) in [4.78, 5) is 12.1. The highest BCUT2D eigenvalue weighted by Crippen LogP contribution is 2.29. The van der Waals surface area contributed by atoms with E-state index in [1.807, 2.05) is 0 Å². The Morgan fingerprint density at radius 1 is 1.29 bits per heavy atom. The standard InChI is InChI=1S/C14H16BrFO/c15-11-7-4-8-12(16)14(11)13(17)9-10-5-2-1-3-6-10/h4,7-8,10H,1-3,5-6,9H2. The highest BCUT2D eigenvalue weighted by molar-refractivity contribution is 9.10. The number of carbonyl (C=O) groups excluding carboxylic acids is 1. The van der Waals surface area contributed by atoms with E-state index in [4.69, 9.17) is 0 Å². The molecule has 1 aliphatic carbocycles. The number of rotatable bonds is 3. The van der Waals surface area contributed by atoms with E-state index < -0.39 is 5.82 Å². The first kappa shape index (κ1) is 12.7. The van der Waals surface area contributed by atoms with Crippen LogP contribution >= 0.6 is 15.9 Å². The number of ketones is 1. The molecule has 1 saturated carbocycles. The van der Waals surface area contributed by atoms with Gasteiger partial charge >= 0.3 is 0 Å². The lowest BCUT2D eigenvalue weighted by Gasteiger charge is -2.20. The van der Waals surface area contributed by atoms with Gasteiger partial charge < -0.3 is 0 Å². The minimum absolute atomic E-state index is 0.0677. The fourth-order valence-corrected chi connectivity index (χ4v) is 3.08. The zero-order chi connectivity index (χ0) is 12.3. The van der Waals surface area contributed by atoms with Gasteiger partial charge in [-0.3, -0.25) is 4.79 Å². The molecule has 1 aromatic rings. The molecule has 0 aliphatic heterocycles. The van der Waals surface area contributed by atoms with Crippen molar-refractivity contribution in [2.45, 2.75) is 38.5 Å². The third-order valence-corrected chi connectivity index (χ3v) is 4.10. The van der Waals surface area contributed by atoms with E-state index in [2.05, 4.69) is 15.9 Å². The minimum atomic E-state index is -0.416. The van der Waals surface area contributed by atoms with E-state index in [-0.39, 0.29) is 11.3 Å². The molecule has 0 saturated heterocycles. The Hall–Kier alpha value is -0.700. The van der Waals surface area contributed by atoms with Gasteiger partial charge in [-0.05, 0) is 34.0 Å². The van der Waals surface area contributed by atoms with E-state index >= 15 is 0 Å².